The summed E-state index contributed by atoms with van der Waals surface area (Å²) < 4.78 is 5.28. The smallest absolute Gasteiger partial charge is 0.336 e. The van der Waals surface area contributed by atoms with Crippen LogP contribution in [0.2, 0.25) is 0 Å². The number of hydrogen-bond acceptors (Lipinski definition) is 4. The highest BCUT2D eigenvalue weighted by Crippen LogP contribution is 2.11. The molecule has 1 aromatic rings. The van der Waals surface area contributed by atoms with Gasteiger partial charge in [-0.2, -0.15) is 0 Å². The van der Waals surface area contributed by atoms with Gasteiger partial charge in [0.25, 0.3) is 0 Å². The summed E-state index contributed by atoms with van der Waals surface area (Å²) in [7, 11) is 1.17. The summed E-state index contributed by atoms with van der Waals surface area (Å²) in [5.41, 5.74) is 0.867. The van der Waals surface area contributed by atoms with E-state index in [2.05, 4.69) is 26.0 Å². The highest BCUT2D eigenvalue weighted by molar-refractivity contribution is 9.10. The molecule has 0 aliphatic heterocycles. The van der Waals surface area contributed by atoms with E-state index in [-0.39, 0.29) is 6.54 Å². The summed E-state index contributed by atoms with van der Waals surface area (Å²) in [6.45, 7) is -0.184. The minimum atomic E-state index is -1.35. The summed E-state index contributed by atoms with van der Waals surface area (Å²) in [5.74, 6) is -1.18. The van der Waals surface area contributed by atoms with Crippen LogP contribution in [-0.2, 0) is 14.3 Å². The van der Waals surface area contributed by atoms with E-state index in [0.717, 1.165) is 10.0 Å². The molecule has 19 heavy (non-hydrogen) atoms. The van der Waals surface area contributed by atoms with Crippen LogP contribution in [0.1, 0.15) is 5.56 Å². The summed E-state index contributed by atoms with van der Waals surface area (Å²) in [4.78, 5) is 22.3. The van der Waals surface area contributed by atoms with Crippen LogP contribution in [0.3, 0.4) is 0 Å². The molecule has 0 fully saturated rings. The molecule has 1 aromatic carbocycles. The number of methoxy groups -OCH3 is 1. The van der Waals surface area contributed by atoms with E-state index in [4.69, 9.17) is 0 Å². The van der Waals surface area contributed by atoms with Crippen LogP contribution >= 0.6 is 15.9 Å². The van der Waals surface area contributed by atoms with Crippen LogP contribution in [0.5, 0.6) is 0 Å². The monoisotopic (exact) mass is 327 g/mol. The van der Waals surface area contributed by atoms with Crippen LogP contribution in [0, 0.1) is 0 Å². The van der Waals surface area contributed by atoms with Crippen molar-refractivity contribution in [1.82, 2.24) is 5.32 Å². The maximum absolute atomic E-state index is 11.4. The Kier molecular flexibility index (Phi) is 6.24. The van der Waals surface area contributed by atoms with Crippen LogP contribution in [0.25, 0.3) is 6.08 Å². The lowest BCUT2D eigenvalue weighted by Gasteiger charge is -2.07. The first-order valence-corrected chi connectivity index (χ1v) is 6.29. The van der Waals surface area contributed by atoms with Gasteiger partial charge in [-0.1, -0.05) is 28.1 Å². The SMILES string of the molecule is COC(=O)C(O)CNC(=O)/C=C/c1ccc(Br)cc1. The molecule has 2 N–H and O–H groups in total. The van der Waals surface area contributed by atoms with Gasteiger partial charge in [-0.15, -0.1) is 0 Å². The number of carbonyl (C=O) groups is 2. The van der Waals surface area contributed by atoms with Crippen molar-refractivity contribution in [2.45, 2.75) is 6.10 Å². The fourth-order valence-electron chi connectivity index (χ4n) is 1.22. The van der Waals surface area contributed by atoms with Crippen molar-refractivity contribution < 1.29 is 19.4 Å². The largest absolute Gasteiger partial charge is 0.467 e. The highest BCUT2D eigenvalue weighted by Gasteiger charge is 2.15. The molecule has 1 atom stereocenters. The summed E-state index contributed by atoms with van der Waals surface area (Å²) in [6, 6.07) is 7.41. The van der Waals surface area contributed by atoms with Crippen LogP contribution in [0.4, 0.5) is 0 Å². The molecule has 5 nitrogen and oxygen atoms in total. The topological polar surface area (TPSA) is 75.6 Å². The van der Waals surface area contributed by atoms with Crippen molar-refractivity contribution in [1.29, 1.82) is 0 Å². The molecule has 0 spiro atoms. The molecule has 1 unspecified atom stereocenters. The summed E-state index contributed by atoms with van der Waals surface area (Å²) >= 11 is 3.31. The number of carbonyl (C=O) groups excluding carboxylic acids is 2. The van der Waals surface area contributed by atoms with Gasteiger partial charge in [0.2, 0.25) is 5.91 Å². The number of ether oxygens (including phenoxy) is 1. The van der Waals surface area contributed by atoms with Crippen molar-refractivity contribution in [3.8, 4) is 0 Å². The second-order valence-electron chi connectivity index (χ2n) is 3.67. The highest BCUT2D eigenvalue weighted by atomic mass is 79.9. The fourth-order valence-corrected chi connectivity index (χ4v) is 1.49. The van der Waals surface area contributed by atoms with Crippen LogP contribution < -0.4 is 5.32 Å². The predicted molar refractivity (Wildman–Crippen MR) is 74.2 cm³/mol. The lowest BCUT2D eigenvalue weighted by molar-refractivity contribution is -0.150. The first kappa shape index (κ1) is 15.4. The molecular formula is C13H14BrNO4. The Balaban J connectivity index is 2.43. The predicted octanol–water partition coefficient (Wildman–Crippen LogP) is 1.11. The third kappa shape index (κ3) is 5.67. The molecule has 0 aliphatic rings. The molecule has 0 aromatic heterocycles. The molecule has 6 heteroatoms. The van der Waals surface area contributed by atoms with Gasteiger partial charge in [-0.25, -0.2) is 4.79 Å². The van der Waals surface area contributed by atoms with Crippen molar-refractivity contribution in [2.24, 2.45) is 0 Å². The van der Waals surface area contributed by atoms with Gasteiger partial charge >= 0.3 is 5.97 Å². The molecule has 0 heterocycles. The van der Waals surface area contributed by atoms with Gasteiger partial charge in [-0.3, -0.25) is 4.79 Å². The third-order valence-electron chi connectivity index (χ3n) is 2.24. The molecule has 0 radical (unpaired) electrons. The standard InChI is InChI=1S/C13H14BrNO4/c1-19-13(18)11(16)8-15-12(17)7-4-9-2-5-10(14)6-3-9/h2-7,11,16H,8H2,1H3,(H,15,17)/b7-4+. The van der Waals surface area contributed by atoms with Crippen LogP contribution in [0.15, 0.2) is 34.8 Å². The molecule has 0 saturated heterocycles. The van der Waals surface area contributed by atoms with E-state index < -0.39 is 18.0 Å². The van der Waals surface area contributed by atoms with E-state index in [1.54, 1.807) is 6.08 Å². The van der Waals surface area contributed by atoms with Crippen LogP contribution in [-0.4, -0.2) is 36.7 Å². The average molecular weight is 328 g/mol. The Morgan fingerprint density at radius 1 is 1.42 bits per heavy atom. The Labute approximate surface area is 119 Å². The zero-order chi connectivity index (χ0) is 14.3. The normalized spacial score (nSPS) is 12.2. The van der Waals surface area contributed by atoms with E-state index in [1.807, 2.05) is 24.3 Å². The second kappa shape index (κ2) is 7.70. The maximum Gasteiger partial charge on any atom is 0.336 e. The number of rotatable bonds is 5. The number of aliphatic hydroxyl groups excluding tert-OH is 1. The van der Waals surface area contributed by atoms with Gasteiger partial charge in [0.1, 0.15) is 0 Å². The molecule has 0 bridgehead atoms. The number of amides is 1. The van der Waals surface area contributed by atoms with Crippen molar-refractivity contribution >= 4 is 33.9 Å². The molecular weight excluding hydrogens is 314 g/mol. The number of aliphatic hydroxyl groups is 1. The van der Waals surface area contributed by atoms with Crippen molar-refractivity contribution in [2.75, 3.05) is 13.7 Å². The zero-order valence-electron chi connectivity index (χ0n) is 10.3. The Morgan fingerprint density at radius 2 is 2.05 bits per heavy atom. The van der Waals surface area contributed by atoms with E-state index in [1.165, 1.54) is 13.2 Å². The number of esters is 1. The summed E-state index contributed by atoms with van der Waals surface area (Å²) in [5, 5.41) is 11.7. The number of benzene rings is 1. The lowest BCUT2D eigenvalue weighted by Crippen LogP contribution is -2.36. The van der Waals surface area contributed by atoms with Gasteiger partial charge in [0.15, 0.2) is 6.10 Å². The van der Waals surface area contributed by atoms with E-state index in [0.29, 0.717) is 0 Å². The minimum Gasteiger partial charge on any atom is -0.467 e. The maximum atomic E-state index is 11.4. The van der Waals surface area contributed by atoms with Gasteiger partial charge < -0.3 is 15.2 Å². The van der Waals surface area contributed by atoms with E-state index in [9.17, 15) is 14.7 Å². The van der Waals surface area contributed by atoms with Gasteiger partial charge in [0.05, 0.1) is 13.7 Å². The lowest BCUT2D eigenvalue weighted by atomic mass is 10.2. The Morgan fingerprint density at radius 3 is 2.63 bits per heavy atom. The molecule has 0 saturated carbocycles. The average Bonchev–Trinajstić information content (AvgIpc) is 2.43. The zero-order valence-corrected chi connectivity index (χ0v) is 11.9. The fraction of sp³-hybridized carbons (Fsp3) is 0.231. The second-order valence-corrected chi connectivity index (χ2v) is 4.58. The molecule has 1 rings (SSSR count). The van der Waals surface area contributed by atoms with Crippen molar-refractivity contribution in [3.63, 3.8) is 0 Å². The van der Waals surface area contributed by atoms with Gasteiger partial charge in [0, 0.05) is 10.5 Å². The summed E-state index contributed by atoms with van der Waals surface area (Å²) in [6.07, 6.45) is 1.61. The number of hydrogen-bond donors (Lipinski definition) is 2. The van der Waals surface area contributed by atoms with Crippen molar-refractivity contribution in [3.05, 3.63) is 40.4 Å². The molecule has 1 amide bonds. The molecule has 102 valence electrons. The quantitative estimate of drug-likeness (QED) is 0.627. The first-order chi connectivity index (χ1) is 9.02. The Hall–Kier alpha value is -1.66. The van der Waals surface area contributed by atoms with Gasteiger partial charge in [-0.05, 0) is 23.8 Å². The third-order valence-corrected chi connectivity index (χ3v) is 2.77. The van der Waals surface area contributed by atoms with E-state index >= 15 is 0 Å². The molecule has 0 aliphatic carbocycles. The Bertz CT molecular complexity index is 470. The number of halogens is 1. The minimum absolute atomic E-state index is 0.184. The first-order valence-electron chi connectivity index (χ1n) is 5.50. The number of nitrogens with one attached hydrogen (secondary N) is 1.